The first-order chi connectivity index (χ1) is 7.41. The van der Waals surface area contributed by atoms with Gasteiger partial charge in [-0.1, -0.05) is 75.3 Å². The minimum absolute atomic E-state index is 1.04. The van der Waals surface area contributed by atoms with E-state index < -0.39 is 0 Å². The molecule has 0 aliphatic rings. The van der Waals surface area contributed by atoms with Crippen LogP contribution < -0.4 is 0 Å². The maximum Gasteiger partial charge on any atom is -0.0166 e. The van der Waals surface area contributed by atoms with Crippen LogP contribution in [-0.4, -0.2) is 0 Å². The van der Waals surface area contributed by atoms with Gasteiger partial charge in [0.1, 0.15) is 0 Å². The van der Waals surface area contributed by atoms with Gasteiger partial charge in [-0.2, -0.15) is 0 Å². The molecule has 0 heteroatoms. The summed E-state index contributed by atoms with van der Waals surface area (Å²) in [5.41, 5.74) is 0. The summed E-state index contributed by atoms with van der Waals surface area (Å²) in [4.78, 5) is 0. The third kappa shape index (κ3) is 13.0. The van der Waals surface area contributed by atoms with E-state index in [-0.39, 0.29) is 0 Å². The van der Waals surface area contributed by atoms with Crippen molar-refractivity contribution in [3.8, 4) is 0 Å². The van der Waals surface area contributed by atoms with E-state index in [4.69, 9.17) is 0 Å². The van der Waals surface area contributed by atoms with Crippen molar-refractivity contribution < 1.29 is 0 Å². The second kappa shape index (κ2) is 13.0. The van der Waals surface area contributed by atoms with Crippen molar-refractivity contribution >= 4 is 0 Å². The van der Waals surface area contributed by atoms with Gasteiger partial charge >= 0.3 is 0 Å². The third-order valence-electron chi connectivity index (χ3n) is 1.96. The van der Waals surface area contributed by atoms with E-state index in [1.54, 1.807) is 0 Å². The summed E-state index contributed by atoms with van der Waals surface area (Å²) in [6.07, 6.45) is 23.1. The number of hydrogen-bond acceptors (Lipinski definition) is 0. The van der Waals surface area contributed by atoms with E-state index in [0.717, 1.165) is 6.42 Å². The molecule has 0 aromatic carbocycles. The van der Waals surface area contributed by atoms with Gasteiger partial charge in [0.15, 0.2) is 0 Å². The fourth-order valence-corrected chi connectivity index (χ4v) is 1.09. The Labute approximate surface area is 95.1 Å². The van der Waals surface area contributed by atoms with E-state index in [2.05, 4.69) is 62.5 Å². The van der Waals surface area contributed by atoms with Crippen LogP contribution in [-0.2, 0) is 0 Å². The molecule has 0 fully saturated rings. The molecular formula is C15H24. The Balaban J connectivity index is 3.44. The van der Waals surface area contributed by atoms with Crippen LogP contribution in [0.5, 0.6) is 0 Å². The summed E-state index contributed by atoms with van der Waals surface area (Å²) in [6, 6.07) is 0. The zero-order valence-corrected chi connectivity index (χ0v) is 10.2. The Hall–Kier alpha value is -1.04. The molecule has 0 nitrogen and oxygen atoms in total. The number of unbranched alkanes of at least 4 members (excludes halogenated alkanes) is 2. The predicted molar refractivity (Wildman–Crippen MR) is 71.0 cm³/mol. The van der Waals surface area contributed by atoms with E-state index >= 15 is 0 Å². The molecule has 15 heavy (non-hydrogen) atoms. The molecule has 0 bridgehead atoms. The van der Waals surface area contributed by atoms with Gasteiger partial charge < -0.3 is 0 Å². The average Bonchev–Trinajstić information content (AvgIpc) is 2.26. The first-order valence-corrected chi connectivity index (χ1v) is 6.05. The van der Waals surface area contributed by atoms with Gasteiger partial charge in [-0.3, -0.25) is 0 Å². The van der Waals surface area contributed by atoms with Gasteiger partial charge in [0.25, 0.3) is 0 Å². The topological polar surface area (TPSA) is 0 Å². The SMILES string of the molecule is CCC/C=C/C=C/C=C/C/C=C/CCC. The van der Waals surface area contributed by atoms with Gasteiger partial charge in [-0.15, -0.1) is 0 Å². The largest absolute Gasteiger partial charge is 0.0882 e. The van der Waals surface area contributed by atoms with Gasteiger partial charge in [-0.05, 0) is 19.3 Å². The van der Waals surface area contributed by atoms with E-state index in [9.17, 15) is 0 Å². The highest BCUT2D eigenvalue weighted by molar-refractivity contribution is 5.11. The lowest BCUT2D eigenvalue weighted by Crippen LogP contribution is -1.62. The smallest absolute Gasteiger partial charge is 0.0166 e. The van der Waals surface area contributed by atoms with Crippen molar-refractivity contribution in [2.24, 2.45) is 0 Å². The van der Waals surface area contributed by atoms with Crippen molar-refractivity contribution in [2.45, 2.75) is 46.0 Å². The van der Waals surface area contributed by atoms with Crippen LogP contribution in [0, 0.1) is 0 Å². The predicted octanol–water partition coefficient (Wildman–Crippen LogP) is 5.20. The number of hydrogen-bond donors (Lipinski definition) is 0. The quantitative estimate of drug-likeness (QED) is 0.376. The van der Waals surface area contributed by atoms with Crippen molar-refractivity contribution in [3.05, 3.63) is 48.6 Å². The second-order valence-corrected chi connectivity index (χ2v) is 3.53. The lowest BCUT2D eigenvalue weighted by molar-refractivity contribution is 0.954. The van der Waals surface area contributed by atoms with E-state index in [0.29, 0.717) is 0 Å². The lowest BCUT2D eigenvalue weighted by Gasteiger charge is -1.83. The molecule has 0 saturated heterocycles. The van der Waals surface area contributed by atoms with Gasteiger partial charge in [0.2, 0.25) is 0 Å². The van der Waals surface area contributed by atoms with Crippen molar-refractivity contribution in [1.82, 2.24) is 0 Å². The minimum Gasteiger partial charge on any atom is -0.0882 e. The summed E-state index contributed by atoms with van der Waals surface area (Å²) >= 11 is 0. The van der Waals surface area contributed by atoms with Gasteiger partial charge in [0.05, 0.1) is 0 Å². The first kappa shape index (κ1) is 14.0. The van der Waals surface area contributed by atoms with Crippen molar-refractivity contribution in [1.29, 1.82) is 0 Å². The molecule has 0 aromatic heterocycles. The highest BCUT2D eigenvalue weighted by Gasteiger charge is 1.72. The third-order valence-corrected chi connectivity index (χ3v) is 1.96. The van der Waals surface area contributed by atoms with Crippen LogP contribution in [0.1, 0.15) is 46.0 Å². The number of rotatable bonds is 8. The standard InChI is InChI=1S/C15H24/c1-3-5-7-9-11-13-15-14-12-10-8-6-4-2/h7-11,13-15H,3-6,12H2,1-2H3/b9-7+,10-8+,13-11+,15-14+. The second-order valence-electron chi connectivity index (χ2n) is 3.53. The monoisotopic (exact) mass is 204 g/mol. The molecule has 0 heterocycles. The maximum atomic E-state index is 2.25. The van der Waals surface area contributed by atoms with Gasteiger partial charge in [-0.25, -0.2) is 0 Å². The molecular weight excluding hydrogens is 180 g/mol. The highest BCUT2D eigenvalue weighted by atomic mass is 13.8. The molecule has 0 atom stereocenters. The summed E-state index contributed by atoms with van der Waals surface area (Å²) in [6.45, 7) is 4.39. The summed E-state index contributed by atoms with van der Waals surface area (Å²) < 4.78 is 0. The summed E-state index contributed by atoms with van der Waals surface area (Å²) in [7, 11) is 0. The minimum atomic E-state index is 1.04. The molecule has 0 spiro atoms. The Morgan fingerprint density at radius 1 is 0.600 bits per heavy atom. The van der Waals surface area contributed by atoms with E-state index in [1.165, 1.54) is 25.7 Å². The Morgan fingerprint density at radius 3 is 1.87 bits per heavy atom. The maximum absolute atomic E-state index is 2.25. The van der Waals surface area contributed by atoms with Crippen LogP contribution >= 0.6 is 0 Å². The lowest BCUT2D eigenvalue weighted by atomic mass is 10.2. The Bertz CT molecular complexity index is 216. The average molecular weight is 204 g/mol. The zero-order chi connectivity index (χ0) is 11.2. The molecule has 0 aromatic rings. The summed E-state index contributed by atoms with van der Waals surface area (Å²) in [5, 5.41) is 0. The van der Waals surface area contributed by atoms with Crippen LogP contribution in [0.25, 0.3) is 0 Å². The van der Waals surface area contributed by atoms with Crippen LogP contribution in [0.2, 0.25) is 0 Å². The van der Waals surface area contributed by atoms with Crippen molar-refractivity contribution in [2.75, 3.05) is 0 Å². The summed E-state index contributed by atoms with van der Waals surface area (Å²) in [5.74, 6) is 0. The molecule has 0 aliphatic carbocycles. The molecule has 84 valence electrons. The molecule has 0 unspecified atom stereocenters. The molecule has 0 aliphatic heterocycles. The molecule has 0 radical (unpaired) electrons. The highest BCUT2D eigenvalue weighted by Crippen LogP contribution is 1.93. The van der Waals surface area contributed by atoms with Crippen LogP contribution in [0.15, 0.2) is 48.6 Å². The normalized spacial score (nSPS) is 12.9. The van der Waals surface area contributed by atoms with Crippen LogP contribution in [0.4, 0.5) is 0 Å². The molecule has 0 amide bonds. The number of allylic oxidation sites excluding steroid dienone is 8. The zero-order valence-electron chi connectivity index (χ0n) is 10.2. The first-order valence-electron chi connectivity index (χ1n) is 6.05. The fourth-order valence-electron chi connectivity index (χ4n) is 1.09. The molecule has 0 N–H and O–H groups in total. The van der Waals surface area contributed by atoms with Gasteiger partial charge in [0, 0.05) is 0 Å². The fraction of sp³-hybridized carbons (Fsp3) is 0.467. The molecule has 0 saturated carbocycles. The van der Waals surface area contributed by atoms with Crippen molar-refractivity contribution in [3.63, 3.8) is 0 Å². The molecule has 0 rings (SSSR count). The Kier molecular flexibility index (Phi) is 12.1. The Morgan fingerprint density at radius 2 is 1.20 bits per heavy atom. The van der Waals surface area contributed by atoms with E-state index in [1.807, 2.05) is 0 Å². The van der Waals surface area contributed by atoms with Crippen LogP contribution in [0.3, 0.4) is 0 Å².